The van der Waals surface area contributed by atoms with Crippen molar-refractivity contribution >= 4 is 6.34 Å². The van der Waals surface area contributed by atoms with E-state index >= 15 is 0 Å². The Morgan fingerprint density at radius 1 is 1.89 bits per heavy atom. The van der Waals surface area contributed by atoms with E-state index in [-0.39, 0.29) is 6.04 Å². The summed E-state index contributed by atoms with van der Waals surface area (Å²) in [6, 6.07) is 0.120. The summed E-state index contributed by atoms with van der Waals surface area (Å²) >= 11 is 0. The lowest BCUT2D eigenvalue weighted by atomic mass is 10.3. The van der Waals surface area contributed by atoms with Gasteiger partial charge in [0.05, 0.1) is 20.2 Å². The van der Waals surface area contributed by atoms with E-state index < -0.39 is 0 Å². The van der Waals surface area contributed by atoms with E-state index in [0.717, 1.165) is 6.54 Å². The summed E-state index contributed by atoms with van der Waals surface area (Å²) in [4.78, 5) is 8.83. The van der Waals surface area contributed by atoms with Gasteiger partial charge in [0.25, 0.3) is 0 Å². The van der Waals surface area contributed by atoms with E-state index in [4.69, 9.17) is 10.6 Å². The van der Waals surface area contributed by atoms with Gasteiger partial charge in [0.1, 0.15) is 6.34 Å². The predicted octanol–water partition coefficient (Wildman–Crippen LogP) is -0.781. The van der Waals surface area contributed by atoms with Crippen molar-refractivity contribution in [2.24, 2.45) is 10.7 Å². The topological polar surface area (TPSA) is 50.8 Å². The highest BCUT2D eigenvalue weighted by atomic mass is 16.7. The second-order valence-electron chi connectivity index (χ2n) is 2.02. The molecule has 9 heavy (non-hydrogen) atoms. The first kappa shape index (κ1) is 6.51. The van der Waals surface area contributed by atoms with Crippen LogP contribution >= 0.6 is 0 Å². The molecular formula is C5H11N3O. The number of nitrogens with two attached hydrogens (primary N) is 1. The molecule has 1 aliphatic rings. The quantitative estimate of drug-likeness (QED) is 0.505. The fourth-order valence-electron chi connectivity index (χ4n) is 0.731. The van der Waals surface area contributed by atoms with Crippen LogP contribution in [-0.4, -0.2) is 37.6 Å². The Hall–Kier alpha value is -0.610. The van der Waals surface area contributed by atoms with Crippen LogP contribution in [0.25, 0.3) is 0 Å². The van der Waals surface area contributed by atoms with Crippen molar-refractivity contribution in [1.82, 2.24) is 5.06 Å². The lowest BCUT2D eigenvalue weighted by Gasteiger charge is -2.23. The third kappa shape index (κ3) is 1.65. The highest BCUT2D eigenvalue weighted by molar-refractivity contribution is 5.54. The summed E-state index contributed by atoms with van der Waals surface area (Å²) in [6.07, 6.45) is 1.66. The lowest BCUT2D eigenvalue weighted by molar-refractivity contribution is -0.0660. The minimum absolute atomic E-state index is 0.120. The van der Waals surface area contributed by atoms with Gasteiger partial charge in [0.15, 0.2) is 0 Å². The molecule has 4 nitrogen and oxygen atoms in total. The Balaban J connectivity index is 2.39. The lowest BCUT2D eigenvalue weighted by Crippen LogP contribution is -2.41. The van der Waals surface area contributed by atoms with E-state index in [1.807, 2.05) is 0 Å². The van der Waals surface area contributed by atoms with E-state index in [1.54, 1.807) is 18.5 Å². The van der Waals surface area contributed by atoms with Crippen molar-refractivity contribution in [2.75, 3.05) is 20.2 Å². The minimum atomic E-state index is 0.120. The molecule has 0 unspecified atom stereocenters. The zero-order chi connectivity index (χ0) is 6.69. The molecule has 0 radical (unpaired) electrons. The van der Waals surface area contributed by atoms with Crippen LogP contribution in [0.5, 0.6) is 0 Å². The summed E-state index contributed by atoms with van der Waals surface area (Å²) in [5, 5.41) is 1.62. The van der Waals surface area contributed by atoms with Gasteiger partial charge in [0, 0.05) is 6.04 Å². The van der Waals surface area contributed by atoms with Crippen molar-refractivity contribution in [3.8, 4) is 0 Å². The number of nitrogens with zero attached hydrogens (tertiary/aromatic N) is 2. The van der Waals surface area contributed by atoms with E-state index in [1.165, 1.54) is 0 Å². The summed E-state index contributed by atoms with van der Waals surface area (Å²) in [6.45, 7) is 1.44. The second-order valence-corrected chi connectivity index (χ2v) is 2.02. The molecule has 1 heterocycles. The molecule has 0 bridgehead atoms. The zero-order valence-corrected chi connectivity index (χ0v) is 5.45. The van der Waals surface area contributed by atoms with Crippen LogP contribution in [-0.2, 0) is 4.84 Å². The summed E-state index contributed by atoms with van der Waals surface area (Å²) in [5.74, 6) is 0. The Kier molecular flexibility index (Phi) is 2.02. The van der Waals surface area contributed by atoms with Crippen LogP contribution in [0.3, 0.4) is 0 Å². The van der Waals surface area contributed by atoms with Crippen LogP contribution in [0.1, 0.15) is 0 Å². The second kappa shape index (κ2) is 2.80. The van der Waals surface area contributed by atoms with Gasteiger partial charge < -0.3 is 5.73 Å². The van der Waals surface area contributed by atoms with Gasteiger partial charge in [-0.25, -0.2) is 5.06 Å². The molecule has 0 amide bonds. The number of hydrogen-bond donors (Lipinski definition) is 1. The maximum atomic E-state index is 5.57. The van der Waals surface area contributed by atoms with Crippen LogP contribution in [0.15, 0.2) is 4.99 Å². The zero-order valence-electron chi connectivity index (χ0n) is 5.45. The molecule has 0 aromatic heterocycles. The van der Waals surface area contributed by atoms with E-state index in [2.05, 4.69) is 4.99 Å². The average molecular weight is 129 g/mol. The van der Waals surface area contributed by atoms with Gasteiger partial charge in [-0.2, -0.15) is 0 Å². The minimum Gasteiger partial charge on any atom is -0.325 e. The molecule has 0 aromatic carbocycles. The van der Waals surface area contributed by atoms with Crippen molar-refractivity contribution in [3.63, 3.8) is 0 Å². The predicted molar refractivity (Wildman–Crippen MR) is 35.0 cm³/mol. The van der Waals surface area contributed by atoms with Crippen LogP contribution < -0.4 is 5.73 Å². The normalized spacial score (nSPS) is 26.9. The molecule has 0 spiro atoms. The van der Waals surface area contributed by atoms with E-state index in [9.17, 15) is 0 Å². The first-order valence-electron chi connectivity index (χ1n) is 2.89. The molecule has 1 atom stereocenters. The Morgan fingerprint density at radius 3 is 3.11 bits per heavy atom. The molecule has 1 aliphatic heterocycles. The van der Waals surface area contributed by atoms with E-state index in [0.29, 0.717) is 6.54 Å². The van der Waals surface area contributed by atoms with Gasteiger partial charge in [-0.05, 0) is 0 Å². The Labute approximate surface area is 54.3 Å². The SMILES string of the molecule is CON1C=NC[C@@H](N)C1. The monoisotopic (exact) mass is 129 g/mol. The van der Waals surface area contributed by atoms with Gasteiger partial charge in [0.2, 0.25) is 0 Å². The highest BCUT2D eigenvalue weighted by Gasteiger charge is 2.10. The van der Waals surface area contributed by atoms with Crippen molar-refractivity contribution in [3.05, 3.63) is 0 Å². The molecular weight excluding hydrogens is 118 g/mol. The summed E-state index contributed by atoms with van der Waals surface area (Å²) < 4.78 is 0. The molecule has 52 valence electrons. The number of hydrogen-bond acceptors (Lipinski definition) is 4. The van der Waals surface area contributed by atoms with Gasteiger partial charge in [-0.1, -0.05) is 0 Å². The number of rotatable bonds is 1. The standard InChI is InChI=1S/C5H11N3O/c1-9-8-3-5(6)2-7-4-8/h4-5H,2-3,6H2,1H3/t5-/m1/s1. The largest absolute Gasteiger partial charge is 0.325 e. The highest BCUT2D eigenvalue weighted by Crippen LogP contribution is 1.93. The molecule has 4 heteroatoms. The first-order chi connectivity index (χ1) is 4.33. The van der Waals surface area contributed by atoms with Crippen molar-refractivity contribution in [2.45, 2.75) is 6.04 Å². The van der Waals surface area contributed by atoms with Crippen molar-refractivity contribution < 1.29 is 4.84 Å². The van der Waals surface area contributed by atoms with Crippen LogP contribution in [0.2, 0.25) is 0 Å². The molecule has 1 rings (SSSR count). The molecule has 2 N–H and O–H groups in total. The third-order valence-electron chi connectivity index (χ3n) is 1.20. The average Bonchev–Trinajstić information content (AvgIpc) is 1.88. The third-order valence-corrected chi connectivity index (χ3v) is 1.20. The molecule has 0 aromatic rings. The van der Waals surface area contributed by atoms with Gasteiger partial charge >= 0.3 is 0 Å². The van der Waals surface area contributed by atoms with Crippen molar-refractivity contribution in [1.29, 1.82) is 0 Å². The Bertz CT molecular complexity index is 115. The first-order valence-corrected chi connectivity index (χ1v) is 2.89. The molecule has 0 saturated carbocycles. The number of aliphatic imine (C=N–C) groups is 1. The molecule has 0 saturated heterocycles. The number of hydroxylamine groups is 2. The summed E-state index contributed by atoms with van der Waals surface area (Å²) in [7, 11) is 1.60. The maximum absolute atomic E-state index is 5.57. The fourth-order valence-corrected chi connectivity index (χ4v) is 0.731. The fraction of sp³-hybridized carbons (Fsp3) is 0.800. The summed E-state index contributed by atoms with van der Waals surface area (Å²) in [5.41, 5.74) is 5.57. The van der Waals surface area contributed by atoms with Gasteiger partial charge in [-0.3, -0.25) is 9.83 Å². The smallest absolute Gasteiger partial charge is 0.110 e. The molecule has 0 aliphatic carbocycles. The Morgan fingerprint density at radius 2 is 2.67 bits per heavy atom. The van der Waals surface area contributed by atoms with Crippen LogP contribution in [0.4, 0.5) is 0 Å². The van der Waals surface area contributed by atoms with Gasteiger partial charge in [-0.15, -0.1) is 0 Å². The maximum Gasteiger partial charge on any atom is 0.110 e. The molecule has 0 fully saturated rings. The van der Waals surface area contributed by atoms with Crippen LogP contribution in [0, 0.1) is 0 Å².